The highest BCUT2D eigenvalue weighted by atomic mass is 16.3. The van der Waals surface area contributed by atoms with Gasteiger partial charge in [-0.05, 0) is 73.0 Å². The largest absolute Gasteiger partial charge is 0.393 e. The topological polar surface area (TPSA) is 40.5 Å². The summed E-state index contributed by atoms with van der Waals surface area (Å²) in [5, 5.41) is 10.6. The van der Waals surface area contributed by atoms with Crippen molar-refractivity contribution in [2.24, 2.45) is 34.5 Å². The second kappa shape index (κ2) is 4.97. The highest BCUT2D eigenvalue weighted by Crippen LogP contribution is 2.65. The van der Waals surface area contributed by atoms with Crippen molar-refractivity contribution in [3.05, 3.63) is 0 Å². The van der Waals surface area contributed by atoms with Crippen molar-refractivity contribution < 1.29 is 9.90 Å². The number of aliphatic hydroxyl groups is 1. The van der Waals surface area contributed by atoms with E-state index in [1.165, 1.54) is 19.3 Å². The quantitative estimate of drug-likeness (QED) is 0.743. The highest BCUT2D eigenvalue weighted by molar-refractivity contribution is 5.77. The predicted octanol–water partition coefficient (Wildman–Crippen LogP) is 3.46. The summed E-state index contributed by atoms with van der Waals surface area (Å²) in [4.78, 5) is 14.3. The number of aliphatic hydroxyl groups excluding tert-OH is 1. The first-order chi connectivity index (χ1) is 10.8. The third-order valence-corrected chi connectivity index (χ3v) is 8.88. The van der Waals surface area contributed by atoms with Crippen LogP contribution in [0.5, 0.6) is 0 Å². The Hall–Kier alpha value is -0.570. The van der Waals surface area contributed by atoms with E-state index in [0.717, 1.165) is 37.5 Å². The number of amides is 1. The van der Waals surface area contributed by atoms with E-state index < -0.39 is 0 Å². The fourth-order valence-corrected chi connectivity index (χ4v) is 7.43. The number of hydrogen-bond acceptors (Lipinski definition) is 2. The van der Waals surface area contributed by atoms with Gasteiger partial charge in [-0.1, -0.05) is 20.8 Å². The molecule has 1 saturated heterocycles. The Balaban J connectivity index is 1.70. The molecular weight excluding hydrogens is 286 g/mol. The molecule has 4 fully saturated rings. The zero-order valence-electron chi connectivity index (χ0n) is 15.2. The summed E-state index contributed by atoms with van der Waals surface area (Å²) in [5.74, 6) is 3.17. The zero-order valence-corrected chi connectivity index (χ0v) is 15.2. The summed E-state index contributed by atoms with van der Waals surface area (Å²) in [7, 11) is 2.03. The van der Waals surface area contributed by atoms with Crippen LogP contribution in [0.15, 0.2) is 0 Å². The van der Waals surface area contributed by atoms with Gasteiger partial charge in [-0.3, -0.25) is 4.79 Å². The van der Waals surface area contributed by atoms with Crippen molar-refractivity contribution in [2.45, 2.75) is 77.9 Å². The molecule has 3 aliphatic carbocycles. The first-order valence-corrected chi connectivity index (χ1v) is 9.73. The minimum Gasteiger partial charge on any atom is -0.393 e. The summed E-state index contributed by atoms with van der Waals surface area (Å²) in [5.41, 5.74) is 0.434. The lowest BCUT2D eigenvalue weighted by Gasteiger charge is -2.63. The van der Waals surface area contributed by atoms with Gasteiger partial charge in [-0.2, -0.15) is 0 Å². The van der Waals surface area contributed by atoms with Gasteiger partial charge < -0.3 is 10.0 Å². The average molecular weight is 319 g/mol. The fourth-order valence-electron chi connectivity index (χ4n) is 7.43. The minimum absolute atomic E-state index is 0.0956. The van der Waals surface area contributed by atoms with Gasteiger partial charge in [0.1, 0.15) is 0 Å². The van der Waals surface area contributed by atoms with Crippen molar-refractivity contribution in [3.63, 3.8) is 0 Å². The lowest BCUT2D eigenvalue weighted by molar-refractivity contribution is -0.168. The van der Waals surface area contributed by atoms with E-state index in [9.17, 15) is 9.90 Å². The fraction of sp³-hybridized carbons (Fsp3) is 0.950. The summed E-state index contributed by atoms with van der Waals surface area (Å²) in [6.07, 6.45) is 7.48. The third kappa shape index (κ3) is 1.95. The molecule has 0 spiro atoms. The summed E-state index contributed by atoms with van der Waals surface area (Å²) in [6.45, 7) is 7.24. The molecule has 1 N–H and O–H groups in total. The molecule has 0 aromatic carbocycles. The van der Waals surface area contributed by atoms with Gasteiger partial charge in [0, 0.05) is 19.5 Å². The van der Waals surface area contributed by atoms with Crippen LogP contribution in [0.2, 0.25) is 0 Å². The van der Waals surface area contributed by atoms with E-state index in [2.05, 4.69) is 25.7 Å². The number of piperidine rings is 1. The van der Waals surface area contributed by atoms with Gasteiger partial charge in [0.2, 0.25) is 5.91 Å². The Bertz CT molecular complexity index is 520. The first-order valence-electron chi connectivity index (χ1n) is 9.73. The molecule has 130 valence electrons. The monoisotopic (exact) mass is 319 g/mol. The van der Waals surface area contributed by atoms with Gasteiger partial charge >= 0.3 is 0 Å². The maximum Gasteiger partial charge on any atom is 0.222 e. The molecule has 2 unspecified atom stereocenters. The SMILES string of the molecule is CC1C[C@H]2N(C)C(=O)CC[C@]2(C)[C@H]2CC[C@]3(C)C(O)CC[C@H]3[C@H]12. The number of hydrogen-bond donors (Lipinski definition) is 1. The molecule has 8 atom stereocenters. The van der Waals surface area contributed by atoms with Gasteiger partial charge in [-0.25, -0.2) is 0 Å². The van der Waals surface area contributed by atoms with Crippen LogP contribution in [-0.2, 0) is 4.79 Å². The molecule has 4 aliphatic rings. The Morgan fingerprint density at radius 1 is 1.09 bits per heavy atom. The van der Waals surface area contributed by atoms with Crippen LogP contribution >= 0.6 is 0 Å². The Morgan fingerprint density at radius 3 is 2.52 bits per heavy atom. The van der Waals surface area contributed by atoms with Crippen molar-refractivity contribution in [3.8, 4) is 0 Å². The lowest BCUT2D eigenvalue weighted by Crippen LogP contribution is -2.63. The Kier molecular flexibility index (Phi) is 3.44. The molecule has 1 heterocycles. The summed E-state index contributed by atoms with van der Waals surface area (Å²) < 4.78 is 0. The highest BCUT2D eigenvalue weighted by Gasteiger charge is 2.62. The average Bonchev–Trinajstić information content (AvgIpc) is 2.82. The van der Waals surface area contributed by atoms with Crippen molar-refractivity contribution in [1.29, 1.82) is 0 Å². The molecule has 0 aromatic rings. The molecule has 1 aliphatic heterocycles. The molecule has 0 bridgehead atoms. The normalized spacial score (nSPS) is 56.0. The number of fused-ring (bicyclic) bond motifs is 5. The number of nitrogens with zero attached hydrogens (tertiary/aromatic N) is 1. The molecule has 0 aromatic heterocycles. The van der Waals surface area contributed by atoms with Crippen molar-refractivity contribution in [2.75, 3.05) is 7.05 Å². The maximum absolute atomic E-state index is 12.2. The van der Waals surface area contributed by atoms with Crippen LogP contribution in [0.1, 0.15) is 65.7 Å². The molecule has 4 rings (SSSR count). The number of carbonyl (C=O) groups is 1. The summed E-state index contributed by atoms with van der Waals surface area (Å²) in [6, 6.07) is 0.427. The van der Waals surface area contributed by atoms with E-state index >= 15 is 0 Å². The van der Waals surface area contributed by atoms with E-state index in [1.807, 2.05) is 7.05 Å². The molecule has 1 amide bonds. The molecule has 23 heavy (non-hydrogen) atoms. The molecule has 3 heteroatoms. The first kappa shape index (κ1) is 15.9. The second-order valence-corrected chi connectivity index (χ2v) is 9.67. The summed E-state index contributed by atoms with van der Waals surface area (Å²) >= 11 is 0. The Labute approximate surface area is 140 Å². The van der Waals surface area contributed by atoms with Crippen LogP contribution in [0.25, 0.3) is 0 Å². The smallest absolute Gasteiger partial charge is 0.222 e. The third-order valence-electron chi connectivity index (χ3n) is 8.88. The van der Waals surface area contributed by atoms with Crippen molar-refractivity contribution >= 4 is 5.91 Å². The molecular formula is C20H33NO2. The van der Waals surface area contributed by atoms with Gasteiger partial charge in [0.25, 0.3) is 0 Å². The molecule has 3 saturated carbocycles. The van der Waals surface area contributed by atoms with Gasteiger partial charge in [0.05, 0.1) is 6.10 Å². The van der Waals surface area contributed by atoms with Crippen molar-refractivity contribution in [1.82, 2.24) is 4.90 Å². The standard InChI is InChI=1S/C20H33NO2/c1-12-11-15-19(2,10-8-17(23)21(15)4)14-7-9-20(3)13(18(12)14)5-6-16(20)22/h12-16,18,22H,5-11H2,1-4H3/t12?,13-,14-,15+,16?,18-,19+,20-/m0/s1. The van der Waals surface area contributed by atoms with Crippen LogP contribution in [0.4, 0.5) is 0 Å². The number of carbonyl (C=O) groups excluding carboxylic acids is 1. The van der Waals surface area contributed by atoms with Crippen LogP contribution in [-0.4, -0.2) is 35.1 Å². The lowest BCUT2D eigenvalue weighted by atomic mass is 9.45. The number of likely N-dealkylation sites (tertiary alicyclic amines) is 1. The predicted molar refractivity (Wildman–Crippen MR) is 90.7 cm³/mol. The van der Waals surface area contributed by atoms with Gasteiger partial charge in [-0.15, -0.1) is 0 Å². The van der Waals surface area contributed by atoms with E-state index in [4.69, 9.17) is 0 Å². The molecule has 3 nitrogen and oxygen atoms in total. The zero-order chi connectivity index (χ0) is 16.6. The van der Waals surface area contributed by atoms with E-state index in [1.54, 1.807) is 0 Å². The second-order valence-electron chi connectivity index (χ2n) is 9.67. The minimum atomic E-state index is -0.0956. The van der Waals surface area contributed by atoms with Crippen LogP contribution in [0, 0.1) is 34.5 Å². The van der Waals surface area contributed by atoms with Crippen LogP contribution in [0.3, 0.4) is 0 Å². The van der Waals surface area contributed by atoms with E-state index in [0.29, 0.717) is 23.8 Å². The van der Waals surface area contributed by atoms with Gasteiger partial charge in [0.15, 0.2) is 0 Å². The molecule has 0 radical (unpaired) electrons. The van der Waals surface area contributed by atoms with Crippen LogP contribution < -0.4 is 0 Å². The number of rotatable bonds is 0. The van der Waals surface area contributed by atoms with E-state index in [-0.39, 0.29) is 16.9 Å². The Morgan fingerprint density at radius 2 is 1.78 bits per heavy atom. The maximum atomic E-state index is 12.2.